The molecule has 3 rings (SSSR count). The first-order chi connectivity index (χ1) is 12.0. The van der Waals surface area contributed by atoms with E-state index in [1.165, 1.54) is 11.1 Å². The molecule has 0 unspecified atom stereocenters. The number of hydrogen-bond donors (Lipinski definition) is 1. The number of aryl methyl sites for hydroxylation is 1. The summed E-state index contributed by atoms with van der Waals surface area (Å²) in [5.41, 5.74) is 3.52. The van der Waals surface area contributed by atoms with Crippen molar-refractivity contribution in [2.24, 2.45) is 0 Å². The summed E-state index contributed by atoms with van der Waals surface area (Å²) < 4.78 is 0. The van der Waals surface area contributed by atoms with E-state index in [4.69, 9.17) is 11.6 Å². The molecule has 25 heavy (non-hydrogen) atoms. The Balaban J connectivity index is 1.84. The van der Waals surface area contributed by atoms with Crippen LogP contribution in [0.4, 0.5) is 0 Å². The Morgan fingerprint density at radius 2 is 1.92 bits per heavy atom. The zero-order valence-corrected chi connectivity index (χ0v) is 15.6. The van der Waals surface area contributed by atoms with Gasteiger partial charge in [0.25, 0.3) is 0 Å². The Bertz CT molecular complexity index is 734. The lowest BCUT2D eigenvalue weighted by Gasteiger charge is -2.42. The van der Waals surface area contributed by atoms with Crippen molar-refractivity contribution in [1.29, 1.82) is 0 Å². The van der Waals surface area contributed by atoms with Crippen LogP contribution in [0.1, 0.15) is 61.6 Å². The van der Waals surface area contributed by atoms with Crippen molar-refractivity contribution in [1.82, 2.24) is 10.3 Å². The number of benzene rings is 1. The van der Waals surface area contributed by atoms with Gasteiger partial charge in [0, 0.05) is 23.8 Å². The van der Waals surface area contributed by atoms with E-state index in [0.717, 1.165) is 36.3 Å². The molecule has 132 valence electrons. The van der Waals surface area contributed by atoms with Crippen molar-refractivity contribution in [2.75, 3.05) is 0 Å². The van der Waals surface area contributed by atoms with Crippen LogP contribution in [0.3, 0.4) is 0 Å². The van der Waals surface area contributed by atoms with Gasteiger partial charge >= 0.3 is 0 Å². The van der Waals surface area contributed by atoms with Gasteiger partial charge in [-0.1, -0.05) is 30.7 Å². The van der Waals surface area contributed by atoms with Gasteiger partial charge in [-0.25, -0.2) is 0 Å². The fourth-order valence-corrected chi connectivity index (χ4v) is 4.10. The molecule has 0 radical (unpaired) electrons. The maximum atomic E-state index is 12.2. The van der Waals surface area contributed by atoms with E-state index in [1.54, 1.807) is 0 Å². The molecular weight excluding hydrogens is 332 g/mol. The second-order valence-electron chi connectivity index (χ2n) is 7.00. The highest BCUT2D eigenvalue weighted by atomic mass is 35.5. The van der Waals surface area contributed by atoms with Crippen LogP contribution in [0, 0.1) is 6.92 Å². The van der Waals surface area contributed by atoms with Crippen LogP contribution in [0.5, 0.6) is 0 Å². The molecule has 1 heterocycles. The van der Waals surface area contributed by atoms with Crippen molar-refractivity contribution in [2.45, 2.75) is 57.4 Å². The van der Waals surface area contributed by atoms with Gasteiger partial charge < -0.3 is 5.32 Å². The molecule has 4 heteroatoms. The third-order valence-electron chi connectivity index (χ3n) is 5.44. The molecule has 2 aromatic rings. The highest BCUT2D eigenvalue weighted by Crippen LogP contribution is 2.44. The lowest BCUT2D eigenvalue weighted by molar-refractivity contribution is -0.123. The number of amides is 1. The Morgan fingerprint density at radius 3 is 2.52 bits per heavy atom. The molecule has 3 nitrogen and oxygen atoms in total. The maximum Gasteiger partial charge on any atom is 0.220 e. The van der Waals surface area contributed by atoms with Gasteiger partial charge in [-0.15, -0.1) is 0 Å². The number of rotatable bonds is 4. The summed E-state index contributed by atoms with van der Waals surface area (Å²) in [4.78, 5) is 16.4. The van der Waals surface area contributed by atoms with E-state index in [1.807, 2.05) is 31.5 Å². The molecule has 0 saturated heterocycles. The molecule has 1 aliphatic rings. The largest absolute Gasteiger partial charge is 0.347 e. The highest BCUT2D eigenvalue weighted by Gasteiger charge is 2.38. The average Bonchev–Trinajstić information content (AvgIpc) is 2.63. The van der Waals surface area contributed by atoms with Crippen LogP contribution in [-0.2, 0) is 10.3 Å². The molecule has 1 fully saturated rings. The summed E-state index contributed by atoms with van der Waals surface area (Å²) in [6.45, 7) is 4.03. The summed E-state index contributed by atoms with van der Waals surface area (Å²) in [7, 11) is 0. The standard InChI is InChI=1S/C21H25ClN2O/c1-3-20(25)24-21(17-4-6-18(22)7-5-17)11-8-16(9-12-21)19-10-13-23-14-15(19)2/h4-7,10,13-14,16H,3,8-9,11-12H2,1-2H3,(H,24,25). The number of aromatic nitrogens is 1. The molecule has 1 aromatic heterocycles. The number of carbonyl (C=O) groups is 1. The fraction of sp³-hybridized carbons (Fsp3) is 0.429. The van der Waals surface area contributed by atoms with E-state index >= 15 is 0 Å². The maximum absolute atomic E-state index is 12.2. The first-order valence-corrected chi connectivity index (χ1v) is 9.39. The van der Waals surface area contributed by atoms with Crippen molar-refractivity contribution in [3.63, 3.8) is 0 Å². The van der Waals surface area contributed by atoms with Crippen molar-refractivity contribution >= 4 is 17.5 Å². The number of hydrogen-bond acceptors (Lipinski definition) is 2. The van der Waals surface area contributed by atoms with Gasteiger partial charge in [0.05, 0.1) is 5.54 Å². The zero-order chi connectivity index (χ0) is 17.9. The number of nitrogens with one attached hydrogen (secondary N) is 1. The van der Waals surface area contributed by atoms with E-state index in [-0.39, 0.29) is 11.4 Å². The molecule has 1 aliphatic carbocycles. The third-order valence-corrected chi connectivity index (χ3v) is 5.69. The van der Waals surface area contributed by atoms with Gasteiger partial charge in [0.1, 0.15) is 0 Å². The lowest BCUT2D eigenvalue weighted by atomic mass is 9.70. The minimum atomic E-state index is -0.283. The van der Waals surface area contributed by atoms with Gasteiger partial charge in [-0.3, -0.25) is 9.78 Å². The third kappa shape index (κ3) is 3.87. The summed E-state index contributed by atoms with van der Waals surface area (Å²) >= 11 is 6.06. The van der Waals surface area contributed by atoms with Crippen LogP contribution in [0.2, 0.25) is 5.02 Å². The first-order valence-electron chi connectivity index (χ1n) is 9.01. The Morgan fingerprint density at radius 1 is 1.24 bits per heavy atom. The molecular formula is C21H25ClN2O. The van der Waals surface area contributed by atoms with Crippen molar-refractivity contribution < 1.29 is 4.79 Å². The predicted octanol–water partition coefficient (Wildman–Crippen LogP) is 5.12. The van der Waals surface area contributed by atoms with Crippen LogP contribution >= 0.6 is 11.6 Å². The van der Waals surface area contributed by atoms with Gasteiger partial charge in [0.2, 0.25) is 5.91 Å². The minimum absolute atomic E-state index is 0.105. The average molecular weight is 357 g/mol. The summed E-state index contributed by atoms with van der Waals surface area (Å²) in [5, 5.41) is 4.03. The molecule has 0 spiro atoms. The van der Waals surface area contributed by atoms with E-state index < -0.39 is 0 Å². The minimum Gasteiger partial charge on any atom is -0.347 e. The summed E-state index contributed by atoms with van der Waals surface area (Å²) in [6.07, 6.45) is 8.30. The van der Waals surface area contributed by atoms with Gasteiger partial charge in [-0.05, 0) is 73.4 Å². The van der Waals surface area contributed by atoms with Crippen molar-refractivity contribution in [3.8, 4) is 0 Å². The highest BCUT2D eigenvalue weighted by molar-refractivity contribution is 6.30. The van der Waals surface area contributed by atoms with E-state index in [2.05, 4.69) is 35.4 Å². The first kappa shape index (κ1) is 17.9. The number of pyridine rings is 1. The number of carbonyl (C=O) groups excluding carboxylic acids is 1. The molecule has 1 amide bonds. The molecule has 1 aromatic carbocycles. The molecule has 1 N–H and O–H groups in total. The monoisotopic (exact) mass is 356 g/mol. The Kier molecular flexibility index (Phi) is 5.43. The smallest absolute Gasteiger partial charge is 0.220 e. The number of nitrogens with zero attached hydrogens (tertiary/aromatic N) is 1. The predicted molar refractivity (Wildman–Crippen MR) is 102 cm³/mol. The van der Waals surface area contributed by atoms with Crippen molar-refractivity contribution in [3.05, 3.63) is 64.4 Å². The quantitative estimate of drug-likeness (QED) is 0.825. The van der Waals surface area contributed by atoms with Crippen LogP contribution < -0.4 is 5.32 Å². The van der Waals surface area contributed by atoms with E-state index in [9.17, 15) is 4.79 Å². The summed E-state index contributed by atoms with van der Waals surface area (Å²) in [5.74, 6) is 0.635. The fourth-order valence-electron chi connectivity index (χ4n) is 3.97. The van der Waals surface area contributed by atoms with Gasteiger partial charge in [0.15, 0.2) is 0 Å². The van der Waals surface area contributed by atoms with Crippen LogP contribution in [0.15, 0.2) is 42.7 Å². The number of halogens is 1. The second-order valence-corrected chi connectivity index (χ2v) is 7.43. The van der Waals surface area contributed by atoms with E-state index in [0.29, 0.717) is 12.3 Å². The Hall–Kier alpha value is -1.87. The summed E-state index contributed by atoms with van der Waals surface area (Å²) in [6, 6.07) is 10.1. The normalized spacial score (nSPS) is 23.2. The molecule has 1 saturated carbocycles. The van der Waals surface area contributed by atoms with Gasteiger partial charge in [-0.2, -0.15) is 0 Å². The lowest BCUT2D eigenvalue weighted by Crippen LogP contribution is -2.47. The molecule has 0 atom stereocenters. The topological polar surface area (TPSA) is 42.0 Å². The molecule has 0 aliphatic heterocycles. The Labute approximate surface area is 154 Å². The van der Waals surface area contributed by atoms with Crippen LogP contribution in [0.25, 0.3) is 0 Å². The second kappa shape index (κ2) is 7.57. The SMILES string of the molecule is CCC(=O)NC1(c2ccc(Cl)cc2)CCC(c2ccncc2C)CC1. The van der Waals surface area contributed by atoms with Crippen LogP contribution in [-0.4, -0.2) is 10.9 Å². The zero-order valence-electron chi connectivity index (χ0n) is 14.9. The molecule has 0 bridgehead atoms.